The number of hydrogen-bond donors (Lipinski definition) is 1. The zero-order valence-corrected chi connectivity index (χ0v) is 10.2. The summed E-state index contributed by atoms with van der Waals surface area (Å²) in [5.74, 6) is 0.674. The maximum Gasteiger partial charge on any atom is 0.158 e. The molecule has 0 aliphatic heterocycles. The Kier molecular flexibility index (Phi) is 5.43. The number of carbonyl (C=O) groups is 1. The lowest BCUT2D eigenvalue weighted by Gasteiger charge is -2.09. The Bertz CT molecular complexity index is 379. The summed E-state index contributed by atoms with van der Waals surface area (Å²) in [4.78, 5) is 11.4. The van der Waals surface area contributed by atoms with Gasteiger partial charge in [0, 0.05) is 6.42 Å². The molecule has 1 N–H and O–H groups in total. The molecule has 3 heteroatoms. The Balaban J connectivity index is 2.59. The first-order valence-corrected chi connectivity index (χ1v) is 5.68. The van der Waals surface area contributed by atoms with Crippen molar-refractivity contribution >= 4 is 5.78 Å². The highest BCUT2D eigenvalue weighted by molar-refractivity contribution is 5.90. The number of rotatable bonds is 6. The number of ketones is 1. The molecule has 0 saturated heterocycles. The standard InChI is InChI=1S/C14H18O3/c1-3-4-5-12(15)10-14(16)11-6-8-13(17-2)9-7-11/h4-9,14,16H,3,10H2,1-2H3/b5-4+/t14-/m0/s1. The first-order valence-electron chi connectivity index (χ1n) is 5.68. The number of allylic oxidation sites excluding steroid dienone is 2. The van der Waals surface area contributed by atoms with Crippen molar-refractivity contribution in [3.63, 3.8) is 0 Å². The van der Waals surface area contributed by atoms with Crippen LogP contribution >= 0.6 is 0 Å². The largest absolute Gasteiger partial charge is 0.497 e. The summed E-state index contributed by atoms with van der Waals surface area (Å²) in [6, 6.07) is 7.07. The molecule has 0 fully saturated rings. The van der Waals surface area contributed by atoms with E-state index in [2.05, 4.69) is 0 Å². The molecule has 1 aromatic carbocycles. The molecule has 0 radical (unpaired) electrons. The number of methoxy groups -OCH3 is 1. The maximum atomic E-state index is 11.4. The highest BCUT2D eigenvalue weighted by Crippen LogP contribution is 2.20. The van der Waals surface area contributed by atoms with E-state index >= 15 is 0 Å². The van der Waals surface area contributed by atoms with Gasteiger partial charge in [0.15, 0.2) is 5.78 Å². The van der Waals surface area contributed by atoms with Gasteiger partial charge in [-0.3, -0.25) is 4.79 Å². The average Bonchev–Trinajstić information content (AvgIpc) is 2.36. The van der Waals surface area contributed by atoms with E-state index in [1.54, 1.807) is 37.5 Å². The molecule has 0 unspecified atom stereocenters. The molecule has 1 rings (SSSR count). The van der Waals surface area contributed by atoms with Crippen LogP contribution < -0.4 is 4.74 Å². The number of hydrogen-bond acceptors (Lipinski definition) is 3. The molecule has 0 aliphatic carbocycles. The third kappa shape index (κ3) is 4.41. The Hall–Kier alpha value is -1.61. The first kappa shape index (κ1) is 13.5. The smallest absolute Gasteiger partial charge is 0.158 e. The van der Waals surface area contributed by atoms with Crippen LogP contribution in [0.5, 0.6) is 5.75 Å². The summed E-state index contributed by atoms with van der Waals surface area (Å²) in [6.45, 7) is 1.96. The molecule has 1 aromatic rings. The third-order valence-electron chi connectivity index (χ3n) is 2.43. The summed E-state index contributed by atoms with van der Waals surface area (Å²) in [5.41, 5.74) is 0.726. The van der Waals surface area contributed by atoms with Gasteiger partial charge in [-0.05, 0) is 30.2 Å². The summed E-state index contributed by atoms with van der Waals surface area (Å²) in [5, 5.41) is 9.86. The molecule has 0 aromatic heterocycles. The molecule has 0 heterocycles. The summed E-state index contributed by atoms with van der Waals surface area (Å²) in [6.07, 6.45) is 3.50. The second kappa shape index (κ2) is 6.86. The minimum absolute atomic E-state index is 0.0600. The predicted octanol–water partition coefficient (Wildman–Crippen LogP) is 2.65. The number of carbonyl (C=O) groups excluding carboxylic acids is 1. The van der Waals surface area contributed by atoms with Crippen LogP contribution in [0.2, 0.25) is 0 Å². The fourth-order valence-electron chi connectivity index (χ4n) is 1.45. The van der Waals surface area contributed by atoms with Gasteiger partial charge >= 0.3 is 0 Å². The molecule has 0 bridgehead atoms. The minimum Gasteiger partial charge on any atom is -0.497 e. The Labute approximate surface area is 102 Å². The van der Waals surface area contributed by atoms with Crippen molar-refractivity contribution in [1.29, 1.82) is 0 Å². The molecule has 0 saturated carbocycles. The normalized spacial score (nSPS) is 12.6. The first-order chi connectivity index (χ1) is 8.17. The second-order valence-corrected chi connectivity index (χ2v) is 3.77. The van der Waals surface area contributed by atoms with Gasteiger partial charge < -0.3 is 9.84 Å². The van der Waals surface area contributed by atoms with E-state index in [-0.39, 0.29) is 12.2 Å². The fraction of sp³-hybridized carbons (Fsp3) is 0.357. The van der Waals surface area contributed by atoms with Crippen molar-refractivity contribution in [3.05, 3.63) is 42.0 Å². The lowest BCUT2D eigenvalue weighted by molar-refractivity contribution is -0.116. The number of aliphatic hydroxyl groups is 1. The Morgan fingerprint density at radius 1 is 1.41 bits per heavy atom. The van der Waals surface area contributed by atoms with E-state index < -0.39 is 6.10 Å². The van der Waals surface area contributed by atoms with Gasteiger partial charge in [0.05, 0.1) is 13.2 Å². The quantitative estimate of drug-likeness (QED) is 0.770. The molecule has 0 aliphatic rings. The molecule has 17 heavy (non-hydrogen) atoms. The van der Waals surface area contributed by atoms with E-state index in [9.17, 15) is 9.90 Å². The van der Waals surface area contributed by atoms with Crippen LogP contribution in [0.15, 0.2) is 36.4 Å². The van der Waals surface area contributed by atoms with Crippen LogP contribution in [0.1, 0.15) is 31.4 Å². The van der Waals surface area contributed by atoms with Crippen LogP contribution in [0.4, 0.5) is 0 Å². The van der Waals surface area contributed by atoms with Crippen LogP contribution in [-0.4, -0.2) is 18.0 Å². The van der Waals surface area contributed by atoms with Crippen molar-refractivity contribution in [2.45, 2.75) is 25.9 Å². The number of aliphatic hydroxyl groups excluding tert-OH is 1. The number of ether oxygens (including phenoxy) is 1. The Morgan fingerprint density at radius 3 is 2.59 bits per heavy atom. The maximum absolute atomic E-state index is 11.4. The van der Waals surface area contributed by atoms with Crippen molar-refractivity contribution in [2.24, 2.45) is 0 Å². The molecule has 0 spiro atoms. The summed E-state index contributed by atoms with van der Waals surface area (Å²) < 4.78 is 5.02. The van der Waals surface area contributed by atoms with Crippen LogP contribution in [0.3, 0.4) is 0 Å². The molecular formula is C14H18O3. The molecule has 1 atom stereocenters. The second-order valence-electron chi connectivity index (χ2n) is 3.77. The van der Waals surface area contributed by atoms with E-state index in [1.165, 1.54) is 6.08 Å². The van der Waals surface area contributed by atoms with Gasteiger partial charge in [-0.2, -0.15) is 0 Å². The van der Waals surface area contributed by atoms with Gasteiger partial charge in [-0.1, -0.05) is 25.1 Å². The summed E-state index contributed by atoms with van der Waals surface area (Å²) >= 11 is 0. The van der Waals surface area contributed by atoms with Crippen molar-refractivity contribution in [3.8, 4) is 5.75 Å². The van der Waals surface area contributed by atoms with Gasteiger partial charge in [-0.25, -0.2) is 0 Å². The monoisotopic (exact) mass is 234 g/mol. The third-order valence-corrected chi connectivity index (χ3v) is 2.43. The van der Waals surface area contributed by atoms with Crippen LogP contribution in [0.25, 0.3) is 0 Å². The van der Waals surface area contributed by atoms with Crippen LogP contribution in [-0.2, 0) is 4.79 Å². The van der Waals surface area contributed by atoms with Gasteiger partial charge in [0.1, 0.15) is 5.75 Å². The molecule has 3 nitrogen and oxygen atoms in total. The predicted molar refractivity (Wildman–Crippen MR) is 67.0 cm³/mol. The summed E-state index contributed by atoms with van der Waals surface area (Å²) in [7, 11) is 1.59. The average molecular weight is 234 g/mol. The Morgan fingerprint density at radius 2 is 2.06 bits per heavy atom. The van der Waals surface area contributed by atoms with Crippen LogP contribution in [0, 0.1) is 0 Å². The zero-order valence-electron chi connectivity index (χ0n) is 10.2. The van der Waals surface area contributed by atoms with Crippen molar-refractivity contribution in [2.75, 3.05) is 7.11 Å². The topological polar surface area (TPSA) is 46.5 Å². The van der Waals surface area contributed by atoms with Crippen molar-refractivity contribution < 1.29 is 14.6 Å². The molecular weight excluding hydrogens is 216 g/mol. The van der Waals surface area contributed by atoms with Gasteiger partial charge in [0.25, 0.3) is 0 Å². The van der Waals surface area contributed by atoms with E-state index in [0.717, 1.165) is 17.7 Å². The van der Waals surface area contributed by atoms with Gasteiger partial charge in [0.2, 0.25) is 0 Å². The minimum atomic E-state index is -0.755. The zero-order chi connectivity index (χ0) is 12.7. The number of benzene rings is 1. The van der Waals surface area contributed by atoms with Crippen molar-refractivity contribution in [1.82, 2.24) is 0 Å². The van der Waals surface area contributed by atoms with E-state index in [0.29, 0.717) is 0 Å². The van der Waals surface area contributed by atoms with Gasteiger partial charge in [-0.15, -0.1) is 0 Å². The highest BCUT2D eigenvalue weighted by atomic mass is 16.5. The lowest BCUT2D eigenvalue weighted by atomic mass is 10.0. The SMILES string of the molecule is CC/C=C/C(=O)C[C@H](O)c1ccc(OC)cc1. The van der Waals surface area contributed by atoms with E-state index in [4.69, 9.17) is 4.74 Å². The molecule has 92 valence electrons. The highest BCUT2D eigenvalue weighted by Gasteiger charge is 2.10. The van der Waals surface area contributed by atoms with E-state index in [1.807, 2.05) is 6.92 Å². The lowest BCUT2D eigenvalue weighted by Crippen LogP contribution is -2.04. The fourth-order valence-corrected chi connectivity index (χ4v) is 1.45. The molecule has 0 amide bonds.